The van der Waals surface area contributed by atoms with Crippen LogP contribution in [-0.2, 0) is 13.0 Å². The average Bonchev–Trinajstić information content (AvgIpc) is 2.85. The van der Waals surface area contributed by atoms with Gasteiger partial charge in [0.1, 0.15) is 5.75 Å². The van der Waals surface area contributed by atoms with Crippen LogP contribution in [0.4, 0.5) is 0 Å². The Balaban J connectivity index is 1.76. The largest absolute Gasteiger partial charge is 0.497 e. The van der Waals surface area contributed by atoms with Gasteiger partial charge >= 0.3 is 0 Å². The maximum atomic E-state index is 10.6. The Labute approximate surface area is 125 Å². The summed E-state index contributed by atoms with van der Waals surface area (Å²) in [4.78, 5) is 6.51. The molecule has 4 heteroatoms. The predicted molar refractivity (Wildman–Crippen MR) is 81.1 cm³/mol. The van der Waals surface area contributed by atoms with E-state index in [0.29, 0.717) is 0 Å². The molecule has 0 fully saturated rings. The van der Waals surface area contributed by atoms with E-state index in [2.05, 4.69) is 9.88 Å². The number of ether oxygens (including phenoxy) is 1. The van der Waals surface area contributed by atoms with E-state index in [1.54, 1.807) is 13.3 Å². The van der Waals surface area contributed by atoms with Gasteiger partial charge in [0.05, 0.1) is 18.9 Å². The number of likely N-dealkylation sites (N-methyl/N-ethyl adjacent to an activating group) is 1. The summed E-state index contributed by atoms with van der Waals surface area (Å²) in [5, 5.41) is 10.6. The molecule has 2 aromatic rings. The van der Waals surface area contributed by atoms with Crippen LogP contribution in [0.25, 0.3) is 0 Å². The number of aliphatic hydroxyl groups excluding tert-OH is 1. The first-order chi connectivity index (χ1) is 10.2. The quantitative estimate of drug-likeness (QED) is 0.934. The normalized spacial score (nSPS) is 20.6. The van der Waals surface area contributed by atoms with E-state index in [9.17, 15) is 5.11 Å². The molecular formula is C17H20N2O2. The predicted octanol–water partition coefficient (Wildman–Crippen LogP) is 2.18. The summed E-state index contributed by atoms with van der Waals surface area (Å²) in [5.41, 5.74) is 3.19. The maximum absolute atomic E-state index is 10.6. The number of nitrogens with zero attached hydrogens (tertiary/aromatic N) is 2. The highest BCUT2D eigenvalue weighted by Crippen LogP contribution is 2.36. The second-order valence-corrected chi connectivity index (χ2v) is 5.52. The van der Waals surface area contributed by atoms with E-state index in [1.807, 2.05) is 43.4 Å². The average molecular weight is 284 g/mol. The van der Waals surface area contributed by atoms with Gasteiger partial charge in [-0.2, -0.15) is 0 Å². The van der Waals surface area contributed by atoms with Crippen LogP contribution < -0.4 is 4.74 Å². The fourth-order valence-electron chi connectivity index (χ4n) is 2.97. The van der Waals surface area contributed by atoms with Gasteiger partial charge in [-0.05, 0) is 48.9 Å². The van der Waals surface area contributed by atoms with E-state index in [4.69, 9.17) is 4.74 Å². The maximum Gasteiger partial charge on any atom is 0.119 e. The molecule has 4 nitrogen and oxygen atoms in total. The summed E-state index contributed by atoms with van der Waals surface area (Å²) in [7, 11) is 3.68. The molecule has 0 amide bonds. The van der Waals surface area contributed by atoms with Gasteiger partial charge in [-0.25, -0.2) is 0 Å². The Morgan fingerprint density at radius 2 is 2.19 bits per heavy atom. The van der Waals surface area contributed by atoms with E-state index in [-0.39, 0.29) is 6.04 Å². The molecule has 2 atom stereocenters. The summed E-state index contributed by atoms with van der Waals surface area (Å²) < 4.78 is 5.24. The van der Waals surface area contributed by atoms with Crippen LogP contribution in [0.1, 0.15) is 22.9 Å². The third kappa shape index (κ3) is 2.77. The van der Waals surface area contributed by atoms with Gasteiger partial charge in [-0.15, -0.1) is 0 Å². The molecule has 2 unspecified atom stereocenters. The van der Waals surface area contributed by atoms with Crippen molar-refractivity contribution in [2.75, 3.05) is 14.2 Å². The summed E-state index contributed by atoms with van der Waals surface area (Å²) in [6, 6.07) is 11.9. The first-order valence-corrected chi connectivity index (χ1v) is 7.14. The molecule has 1 aromatic heterocycles. The Kier molecular flexibility index (Phi) is 3.90. The summed E-state index contributed by atoms with van der Waals surface area (Å²) in [6.07, 6.45) is 2.17. The highest BCUT2D eigenvalue weighted by molar-refractivity contribution is 5.41. The minimum atomic E-state index is -0.483. The van der Waals surface area contributed by atoms with Crippen molar-refractivity contribution in [1.29, 1.82) is 0 Å². The zero-order valence-electron chi connectivity index (χ0n) is 12.4. The minimum Gasteiger partial charge on any atom is -0.497 e. The second-order valence-electron chi connectivity index (χ2n) is 5.52. The zero-order valence-corrected chi connectivity index (χ0v) is 12.4. The molecule has 0 saturated heterocycles. The lowest BCUT2D eigenvalue weighted by Crippen LogP contribution is -2.34. The lowest BCUT2D eigenvalue weighted by atomic mass is 10.1. The Morgan fingerprint density at radius 1 is 1.33 bits per heavy atom. The Bertz CT molecular complexity index is 615. The summed E-state index contributed by atoms with van der Waals surface area (Å²) in [6.45, 7) is 0.730. The Hall–Kier alpha value is -1.91. The third-order valence-electron chi connectivity index (χ3n) is 4.17. The van der Waals surface area contributed by atoms with Gasteiger partial charge in [0.15, 0.2) is 0 Å². The van der Waals surface area contributed by atoms with Crippen LogP contribution in [0.3, 0.4) is 0 Å². The van der Waals surface area contributed by atoms with Gasteiger partial charge < -0.3 is 9.84 Å². The van der Waals surface area contributed by atoms with Crippen LogP contribution in [0.5, 0.6) is 5.75 Å². The van der Waals surface area contributed by atoms with E-state index >= 15 is 0 Å². The smallest absolute Gasteiger partial charge is 0.119 e. The van der Waals surface area contributed by atoms with Crippen molar-refractivity contribution in [2.45, 2.75) is 25.1 Å². The van der Waals surface area contributed by atoms with Crippen LogP contribution in [0.15, 0.2) is 42.6 Å². The van der Waals surface area contributed by atoms with Crippen molar-refractivity contribution in [3.8, 4) is 5.75 Å². The monoisotopic (exact) mass is 284 g/mol. The number of hydrogen-bond donors (Lipinski definition) is 1. The van der Waals surface area contributed by atoms with Crippen molar-refractivity contribution in [3.63, 3.8) is 0 Å². The van der Waals surface area contributed by atoms with Gasteiger partial charge in [-0.1, -0.05) is 12.1 Å². The number of pyridine rings is 1. The number of hydrogen-bond acceptors (Lipinski definition) is 4. The highest BCUT2D eigenvalue weighted by atomic mass is 16.5. The fraction of sp³-hybridized carbons (Fsp3) is 0.353. The summed E-state index contributed by atoms with van der Waals surface area (Å²) >= 11 is 0. The molecule has 0 aliphatic heterocycles. The van der Waals surface area contributed by atoms with E-state index in [0.717, 1.165) is 30.0 Å². The molecule has 0 saturated carbocycles. The molecule has 1 aliphatic carbocycles. The molecular weight excluding hydrogens is 264 g/mol. The first kappa shape index (κ1) is 14.0. The number of fused-ring (bicyclic) bond motifs is 1. The molecule has 110 valence electrons. The fourth-order valence-corrected chi connectivity index (χ4v) is 2.97. The summed E-state index contributed by atoms with van der Waals surface area (Å²) in [5.74, 6) is 0.792. The van der Waals surface area contributed by atoms with Gasteiger partial charge in [-0.3, -0.25) is 9.88 Å². The standard InChI is InChI=1S/C17H20N2O2/c1-19(11-13-5-3-4-8-18-13)16-9-12-6-7-14(21-2)10-15(12)17(16)20/h3-8,10,16-17,20H,9,11H2,1-2H3. The van der Waals surface area contributed by atoms with Crippen LogP contribution in [0, 0.1) is 0 Å². The van der Waals surface area contributed by atoms with Crippen LogP contribution in [0.2, 0.25) is 0 Å². The van der Waals surface area contributed by atoms with Gasteiger partial charge in [0, 0.05) is 18.8 Å². The molecule has 0 bridgehead atoms. The zero-order chi connectivity index (χ0) is 14.8. The van der Waals surface area contributed by atoms with Crippen LogP contribution >= 0.6 is 0 Å². The number of rotatable bonds is 4. The van der Waals surface area contributed by atoms with Crippen molar-refractivity contribution in [3.05, 3.63) is 59.4 Å². The van der Waals surface area contributed by atoms with Crippen molar-refractivity contribution < 1.29 is 9.84 Å². The van der Waals surface area contributed by atoms with Crippen molar-refractivity contribution in [1.82, 2.24) is 9.88 Å². The van der Waals surface area contributed by atoms with Crippen LogP contribution in [-0.4, -0.2) is 35.2 Å². The van der Waals surface area contributed by atoms with Crippen molar-refractivity contribution >= 4 is 0 Å². The highest BCUT2D eigenvalue weighted by Gasteiger charge is 2.34. The molecule has 1 aromatic carbocycles. The number of aromatic nitrogens is 1. The Morgan fingerprint density at radius 3 is 2.90 bits per heavy atom. The molecule has 0 spiro atoms. The topological polar surface area (TPSA) is 45.6 Å². The van der Waals surface area contributed by atoms with E-state index in [1.165, 1.54) is 5.56 Å². The number of benzene rings is 1. The number of aliphatic hydroxyl groups is 1. The SMILES string of the molecule is COc1ccc2c(c1)C(O)C(N(C)Cc1ccccn1)C2. The van der Waals surface area contributed by atoms with Crippen molar-refractivity contribution in [2.24, 2.45) is 0 Å². The molecule has 1 heterocycles. The van der Waals surface area contributed by atoms with E-state index < -0.39 is 6.10 Å². The second kappa shape index (κ2) is 5.84. The third-order valence-corrected chi connectivity index (χ3v) is 4.17. The lowest BCUT2D eigenvalue weighted by molar-refractivity contribution is 0.0714. The molecule has 0 radical (unpaired) electrons. The molecule has 3 rings (SSSR count). The molecule has 1 N–H and O–H groups in total. The minimum absolute atomic E-state index is 0.0779. The lowest BCUT2D eigenvalue weighted by Gasteiger charge is -2.26. The molecule has 21 heavy (non-hydrogen) atoms. The number of methoxy groups -OCH3 is 1. The van der Waals surface area contributed by atoms with Gasteiger partial charge in [0.2, 0.25) is 0 Å². The first-order valence-electron chi connectivity index (χ1n) is 7.14. The molecule has 1 aliphatic rings. The van der Waals surface area contributed by atoms with Gasteiger partial charge in [0.25, 0.3) is 0 Å².